The second-order valence-electron chi connectivity index (χ2n) is 32.7. The Labute approximate surface area is 747 Å². The van der Waals surface area contributed by atoms with Crippen molar-refractivity contribution in [3.8, 4) is 160 Å². The fraction of sp³-hybridized carbons (Fsp3) is 0.288. The topological polar surface area (TPSA) is 225 Å². The third kappa shape index (κ3) is 14.3. The van der Waals surface area contributed by atoms with E-state index in [0.29, 0.717) is 26.1 Å². The molecule has 25 nitrogen and oxygen atoms in total. The predicted octanol–water partition coefficient (Wildman–Crippen LogP) is 17.1. The molecule has 2 N–H and O–H groups in total. The molecule has 0 aliphatic carbocycles. The van der Waals surface area contributed by atoms with Gasteiger partial charge in [0.1, 0.15) is 0 Å². The van der Waals surface area contributed by atoms with Crippen LogP contribution in [-0.4, -0.2) is 127 Å². The lowest BCUT2D eigenvalue weighted by Crippen LogP contribution is -2.41. The molecule has 23 rings (SSSR count). The highest BCUT2D eigenvalue weighted by molar-refractivity contribution is 5.98. The van der Waals surface area contributed by atoms with Crippen LogP contribution in [0.4, 0.5) is 0 Å². The molecule has 0 saturated carbocycles. The summed E-state index contributed by atoms with van der Waals surface area (Å²) in [5, 5.41) is 28.4. The summed E-state index contributed by atoms with van der Waals surface area (Å²) >= 11 is 0. The summed E-state index contributed by atoms with van der Waals surface area (Å²) in [7, 11) is 20.1. The predicted molar refractivity (Wildman–Crippen MR) is 487 cm³/mol. The molecule has 10 aromatic carbocycles. The van der Waals surface area contributed by atoms with E-state index in [4.69, 9.17) is 85.3 Å². The van der Waals surface area contributed by atoms with E-state index >= 15 is 0 Å². The van der Waals surface area contributed by atoms with Crippen LogP contribution in [0.25, 0.3) is 99.9 Å². The number of phenolic OH excluding ortho intramolecular Hbond substituents is 2. The van der Waals surface area contributed by atoms with E-state index in [1.165, 1.54) is 94.9 Å². The molecular weight excluding hydrogens is 1640 g/mol. The van der Waals surface area contributed by atoms with Gasteiger partial charge in [-0.25, -0.2) is 0 Å². The summed E-state index contributed by atoms with van der Waals surface area (Å²) in [6.07, 6.45) is 15.4. The van der Waals surface area contributed by atoms with Crippen LogP contribution < -0.4 is 104 Å². The normalized spacial score (nSPS) is 14.5. The van der Waals surface area contributed by atoms with Crippen LogP contribution in [0, 0.1) is 20.8 Å². The number of ether oxygens (including phenoxy) is 18. The second kappa shape index (κ2) is 34.3. The van der Waals surface area contributed by atoms with Gasteiger partial charge in [0.2, 0.25) is 43.2 Å². The molecule has 1 atom stereocenters. The second-order valence-corrected chi connectivity index (χ2v) is 32.7. The highest BCUT2D eigenvalue weighted by Gasteiger charge is 2.39. The van der Waals surface area contributed by atoms with E-state index in [2.05, 4.69) is 161 Å². The van der Waals surface area contributed by atoms with Gasteiger partial charge in [-0.2, -0.15) is 18.3 Å². The summed E-state index contributed by atoms with van der Waals surface area (Å²) < 4.78 is 109. The molecule has 9 aliphatic rings. The number of fused-ring (bicyclic) bond motifs is 23. The third-order valence-corrected chi connectivity index (χ3v) is 26.4. The van der Waals surface area contributed by atoms with Gasteiger partial charge < -0.3 is 100 Å². The average Bonchev–Trinajstić information content (AvgIpc) is 1.58. The van der Waals surface area contributed by atoms with Gasteiger partial charge in [-0.3, -0.25) is 0 Å². The quantitative estimate of drug-likeness (QED) is 0.0856. The Morgan fingerprint density at radius 2 is 0.667 bits per heavy atom. The van der Waals surface area contributed by atoms with Crippen LogP contribution >= 0.6 is 0 Å². The maximum absolute atomic E-state index is 9.96. The van der Waals surface area contributed by atoms with Crippen LogP contribution in [-0.2, 0) is 58.3 Å². The molecule has 0 radical (unpaired) electrons. The van der Waals surface area contributed by atoms with Crippen molar-refractivity contribution in [2.45, 2.75) is 92.0 Å². The van der Waals surface area contributed by atoms with Gasteiger partial charge >= 0.3 is 0 Å². The number of hydrogen-bond donors (Lipinski definition) is 2. The van der Waals surface area contributed by atoms with Crippen molar-refractivity contribution in [2.75, 3.05) is 112 Å². The summed E-state index contributed by atoms with van der Waals surface area (Å²) in [5.74, 6) is 13.9. The van der Waals surface area contributed by atoms with Gasteiger partial charge in [0.15, 0.2) is 166 Å². The van der Waals surface area contributed by atoms with Crippen molar-refractivity contribution in [2.24, 2.45) is 0 Å². The van der Waals surface area contributed by atoms with Crippen LogP contribution in [0.15, 0.2) is 152 Å². The van der Waals surface area contributed by atoms with Crippen LogP contribution in [0.1, 0.15) is 74.2 Å². The molecular formula is C104H103N5O20+4. The zero-order chi connectivity index (χ0) is 89.5. The van der Waals surface area contributed by atoms with E-state index in [-0.39, 0.29) is 17.5 Å². The molecule has 13 heterocycles. The molecule has 0 amide bonds. The minimum Gasteiger partial charge on any atom is -0.504 e. The number of aromatic hydroxyl groups is 2. The molecule has 0 saturated heterocycles. The van der Waals surface area contributed by atoms with Crippen molar-refractivity contribution < 1.29 is 114 Å². The van der Waals surface area contributed by atoms with E-state index in [9.17, 15) is 10.2 Å². The number of phenols is 2. The number of rotatable bonds is 12. The van der Waals surface area contributed by atoms with Gasteiger partial charge in [-0.05, 0) is 194 Å². The maximum Gasteiger partial charge on any atom is 0.231 e. The van der Waals surface area contributed by atoms with Crippen molar-refractivity contribution >= 4 is 54.9 Å². The molecule has 660 valence electrons. The number of hydrogen-bond acceptors (Lipinski definition) is 21. The lowest BCUT2D eigenvalue weighted by atomic mass is 9.86. The van der Waals surface area contributed by atoms with Crippen LogP contribution in [0.5, 0.6) is 115 Å². The van der Waals surface area contributed by atoms with E-state index < -0.39 is 0 Å². The Morgan fingerprint density at radius 1 is 0.318 bits per heavy atom. The number of aromatic nitrogens is 4. The molecule has 0 fully saturated rings. The zero-order valence-electron chi connectivity index (χ0n) is 75.3. The Morgan fingerprint density at radius 3 is 1.13 bits per heavy atom. The van der Waals surface area contributed by atoms with Crippen molar-refractivity contribution in [3.63, 3.8) is 0 Å². The van der Waals surface area contributed by atoms with Crippen LogP contribution in [0.2, 0.25) is 0 Å². The molecule has 0 spiro atoms. The van der Waals surface area contributed by atoms with Crippen molar-refractivity contribution in [1.82, 2.24) is 4.90 Å². The molecule has 129 heavy (non-hydrogen) atoms. The lowest BCUT2D eigenvalue weighted by Gasteiger charge is -2.42. The van der Waals surface area contributed by atoms with Gasteiger partial charge in [-0.1, -0.05) is 6.07 Å². The minimum atomic E-state index is -0.0981. The Bertz CT molecular complexity index is 6970. The van der Waals surface area contributed by atoms with Gasteiger partial charge in [0.25, 0.3) is 0 Å². The Balaban J connectivity index is 0.000000105. The first-order valence-electron chi connectivity index (χ1n) is 43.0. The Hall–Kier alpha value is -14.6. The fourth-order valence-electron chi connectivity index (χ4n) is 20.1. The molecule has 1 unspecified atom stereocenters. The SMILES string of the molecule is COc1cc2c(cc1OC)-c1c(C)c3ccc(OC)c(OC)c3c[n+]1CC2.COc1ccc2c(C)c3[n+](cc2c1OC)CCc1cc(O)c(O)cc1-3.COc1ccc2c(C)c3[n+](cc2c1OC)CCc1cc2c(cc1-3)OCO2.COc1ccc2c(c1OC)C(C)N1CCc3cc4c(cc3C1=C2)OCO4.COc1ccc2cc3[n+](cc2c1OC)CCc1cc2c(cc1-3)OCO2. The Kier molecular flexibility index (Phi) is 22.3. The van der Waals surface area contributed by atoms with Crippen molar-refractivity contribution in [3.05, 3.63) is 213 Å². The first-order chi connectivity index (χ1) is 62.9. The molecule has 0 bridgehead atoms. The van der Waals surface area contributed by atoms with E-state index in [1.54, 1.807) is 97.5 Å². The monoisotopic (exact) mass is 1740 g/mol. The maximum atomic E-state index is 9.96. The fourth-order valence-corrected chi connectivity index (χ4v) is 20.1. The molecule has 14 aromatic rings. The van der Waals surface area contributed by atoms with Crippen LogP contribution in [0.3, 0.4) is 0 Å². The number of aryl methyl sites for hydroxylation is 11. The van der Waals surface area contributed by atoms with Crippen molar-refractivity contribution in [1.29, 1.82) is 0 Å². The summed E-state index contributed by atoms with van der Waals surface area (Å²) in [6.45, 7) is 14.0. The van der Waals surface area contributed by atoms with E-state index in [1.807, 2.05) is 36.4 Å². The number of methoxy groups -OCH3 is 12. The highest BCUT2D eigenvalue weighted by Crippen LogP contribution is 2.53. The number of pyridine rings is 4. The van der Waals surface area contributed by atoms with Gasteiger partial charge in [0.05, 0.1) is 135 Å². The smallest absolute Gasteiger partial charge is 0.231 e. The summed E-state index contributed by atoms with van der Waals surface area (Å²) in [6, 6.07) is 42.7. The summed E-state index contributed by atoms with van der Waals surface area (Å²) in [4.78, 5) is 2.44. The molecule has 4 aromatic heterocycles. The number of benzene rings is 10. The highest BCUT2D eigenvalue weighted by atomic mass is 16.7. The van der Waals surface area contributed by atoms with E-state index in [0.717, 1.165) is 223 Å². The van der Waals surface area contributed by atoms with Gasteiger partial charge in [0, 0.05) is 88.0 Å². The lowest BCUT2D eigenvalue weighted by molar-refractivity contribution is -0.686. The average molecular weight is 1740 g/mol. The minimum absolute atomic E-state index is 0.0722. The first-order valence-corrected chi connectivity index (χ1v) is 43.0. The number of nitrogens with zero attached hydrogens (tertiary/aromatic N) is 5. The summed E-state index contributed by atoms with van der Waals surface area (Å²) in [5.41, 5.74) is 23.8. The van der Waals surface area contributed by atoms with Gasteiger partial charge in [-0.15, -0.1) is 0 Å². The molecule has 25 heteroatoms. The standard InChI is InChI=1S/C22H24NO4.C21H21NO4.C21H20NO4.C20H18NO4.C20H19NO4/c1-13-15-6-7-18(24-2)22(27-5)17(15)12-23-9-8-14-10-19(25-3)20(26-4)11-16(14)21(13)23;1-12-20-14(4-5-17(23-2)21(20)24-3)8-16-15-10-19-18(25-11-26-19)9-13(15)6-7-22(12)16;1-12-14-4-5-17(23-2)21(24-3)16(14)10-22-7-6-13-8-18-19(26-11-25-18)9-15(13)20(12)22;1-22-17-4-3-12-7-16-14-9-19-18(24-11-25-19)8-13(14)5-6-21(16)10-15(12)20(17)23-2;1-11-13-4-5-18(24-2)20(25-3)15(13)10-21-7-6-12-8-16(22)17(23)9-14(12)19(11)21/h6-7,10-12H,8-9H2,1-5H3;4-5,8-10,12H,6-7,11H2,1-3H3;4-5,8-10H,6-7,11H2,1-3H3;3-4,7-10H,5-6,11H2,1-2H3;4-5,8-10,23H,6-7H2,1-3H3/q+1;;2*+1;/p+1. The first kappa shape index (κ1) is 83.9. The largest absolute Gasteiger partial charge is 0.504 e. The zero-order valence-corrected chi connectivity index (χ0v) is 75.3. The molecule has 9 aliphatic heterocycles. The third-order valence-electron chi connectivity index (χ3n) is 26.4.